The molecule has 1 heterocycles. The van der Waals surface area contributed by atoms with Crippen LogP contribution in [0.3, 0.4) is 0 Å². The van der Waals surface area contributed by atoms with Crippen LogP contribution in [-0.2, 0) is 6.54 Å². The van der Waals surface area contributed by atoms with Crippen molar-refractivity contribution in [1.29, 1.82) is 0 Å². The molecule has 0 aromatic heterocycles. The molecule has 0 atom stereocenters. The topological polar surface area (TPSA) is 18.5 Å². The van der Waals surface area contributed by atoms with Gasteiger partial charge in [-0.15, -0.1) is 0 Å². The van der Waals surface area contributed by atoms with E-state index in [1.807, 2.05) is 7.05 Å². The van der Waals surface area contributed by atoms with E-state index < -0.39 is 0 Å². The van der Waals surface area contributed by atoms with Crippen molar-refractivity contribution in [3.05, 3.63) is 29.3 Å². The average molecular weight is 275 g/mol. The minimum atomic E-state index is 0.677. The second kappa shape index (κ2) is 7.09. The molecule has 1 aromatic rings. The van der Waals surface area contributed by atoms with Crippen LogP contribution in [0.5, 0.6) is 0 Å². The Morgan fingerprint density at radius 3 is 2.60 bits per heavy atom. The number of likely N-dealkylation sites (tertiary alicyclic amines) is 1. The lowest BCUT2D eigenvalue weighted by Gasteiger charge is -2.38. The van der Waals surface area contributed by atoms with Gasteiger partial charge < -0.3 is 15.1 Å². The maximum absolute atomic E-state index is 3.29. The van der Waals surface area contributed by atoms with Crippen LogP contribution in [0.2, 0.25) is 0 Å². The first-order chi connectivity index (χ1) is 9.65. The number of rotatable bonds is 5. The molecule has 20 heavy (non-hydrogen) atoms. The summed E-state index contributed by atoms with van der Waals surface area (Å²) in [5, 5.41) is 3.29. The Morgan fingerprint density at radius 2 is 2.00 bits per heavy atom. The molecule has 1 aliphatic rings. The SMILES string of the molecule is CCN1CCC(N(C)c2ccc(C)cc2CNC)CC1. The van der Waals surface area contributed by atoms with Crippen LogP contribution in [0.1, 0.15) is 30.9 Å². The zero-order valence-electron chi connectivity index (χ0n) is 13.4. The lowest BCUT2D eigenvalue weighted by atomic mass is 10.0. The molecule has 3 nitrogen and oxygen atoms in total. The Hall–Kier alpha value is -1.06. The van der Waals surface area contributed by atoms with E-state index in [0.717, 1.165) is 6.54 Å². The highest BCUT2D eigenvalue weighted by atomic mass is 15.2. The Balaban J connectivity index is 2.10. The minimum Gasteiger partial charge on any atom is -0.371 e. The molecule has 1 aromatic carbocycles. The quantitative estimate of drug-likeness (QED) is 0.891. The summed E-state index contributed by atoms with van der Waals surface area (Å²) in [6, 6.07) is 7.50. The van der Waals surface area contributed by atoms with E-state index in [1.54, 1.807) is 0 Å². The van der Waals surface area contributed by atoms with E-state index in [1.165, 1.54) is 49.3 Å². The number of nitrogens with zero attached hydrogens (tertiary/aromatic N) is 2. The molecule has 2 rings (SSSR count). The standard InChI is InChI=1S/C17H29N3/c1-5-20-10-8-16(9-11-20)19(4)17-7-6-14(2)12-15(17)13-18-3/h6-7,12,16,18H,5,8-11,13H2,1-4H3. The Morgan fingerprint density at radius 1 is 1.30 bits per heavy atom. The van der Waals surface area contributed by atoms with Gasteiger partial charge in [-0.2, -0.15) is 0 Å². The maximum Gasteiger partial charge on any atom is 0.0411 e. The highest BCUT2D eigenvalue weighted by molar-refractivity contribution is 5.55. The number of aryl methyl sites for hydroxylation is 1. The molecule has 0 amide bonds. The van der Waals surface area contributed by atoms with E-state index in [0.29, 0.717) is 6.04 Å². The van der Waals surface area contributed by atoms with E-state index in [9.17, 15) is 0 Å². The van der Waals surface area contributed by atoms with Crippen LogP contribution in [0, 0.1) is 6.92 Å². The molecule has 112 valence electrons. The summed E-state index contributed by atoms with van der Waals surface area (Å²) < 4.78 is 0. The van der Waals surface area contributed by atoms with Crippen molar-refractivity contribution in [1.82, 2.24) is 10.2 Å². The van der Waals surface area contributed by atoms with Crippen molar-refractivity contribution in [3.8, 4) is 0 Å². The van der Waals surface area contributed by atoms with Gasteiger partial charge >= 0.3 is 0 Å². The second-order valence-electron chi connectivity index (χ2n) is 5.94. The summed E-state index contributed by atoms with van der Waals surface area (Å²) in [5.41, 5.74) is 4.14. The molecule has 3 heteroatoms. The number of hydrogen-bond donors (Lipinski definition) is 1. The van der Waals surface area contributed by atoms with Gasteiger partial charge in [-0.3, -0.25) is 0 Å². The van der Waals surface area contributed by atoms with Crippen molar-refractivity contribution in [2.75, 3.05) is 38.6 Å². The van der Waals surface area contributed by atoms with Crippen molar-refractivity contribution in [2.45, 2.75) is 39.3 Å². The molecule has 1 saturated heterocycles. The Kier molecular flexibility index (Phi) is 5.44. The number of nitrogens with one attached hydrogen (secondary N) is 1. The van der Waals surface area contributed by atoms with Crippen LogP contribution in [0.15, 0.2) is 18.2 Å². The third-order valence-electron chi connectivity index (χ3n) is 4.53. The van der Waals surface area contributed by atoms with Gasteiger partial charge in [0, 0.05) is 38.4 Å². The predicted molar refractivity (Wildman–Crippen MR) is 87.5 cm³/mol. The van der Waals surface area contributed by atoms with Crippen molar-refractivity contribution in [3.63, 3.8) is 0 Å². The molecule has 0 aliphatic carbocycles. The highest BCUT2D eigenvalue weighted by Crippen LogP contribution is 2.26. The predicted octanol–water partition coefficient (Wildman–Crippen LogP) is 2.63. The molecule has 1 fully saturated rings. The molecule has 0 radical (unpaired) electrons. The number of hydrogen-bond acceptors (Lipinski definition) is 3. The van der Waals surface area contributed by atoms with Crippen molar-refractivity contribution in [2.24, 2.45) is 0 Å². The first-order valence-electron chi connectivity index (χ1n) is 7.85. The van der Waals surface area contributed by atoms with Gasteiger partial charge in [0.1, 0.15) is 0 Å². The Bertz CT molecular complexity index is 422. The molecule has 0 saturated carbocycles. The van der Waals surface area contributed by atoms with Gasteiger partial charge in [-0.25, -0.2) is 0 Å². The first kappa shape index (κ1) is 15.3. The molecule has 1 aliphatic heterocycles. The molecule has 0 bridgehead atoms. The maximum atomic E-state index is 3.29. The van der Waals surface area contributed by atoms with Crippen LogP contribution in [0.4, 0.5) is 5.69 Å². The molecular weight excluding hydrogens is 246 g/mol. The average Bonchev–Trinajstić information content (AvgIpc) is 2.47. The van der Waals surface area contributed by atoms with Crippen LogP contribution in [0.25, 0.3) is 0 Å². The van der Waals surface area contributed by atoms with E-state index in [4.69, 9.17) is 0 Å². The number of anilines is 1. The lowest BCUT2D eigenvalue weighted by molar-refractivity contribution is 0.221. The number of piperidine rings is 1. The molecule has 0 spiro atoms. The van der Waals surface area contributed by atoms with Gasteiger partial charge in [-0.05, 0) is 45.0 Å². The fourth-order valence-corrected chi connectivity index (χ4v) is 3.21. The van der Waals surface area contributed by atoms with Gasteiger partial charge in [0.2, 0.25) is 0 Å². The zero-order chi connectivity index (χ0) is 14.5. The second-order valence-corrected chi connectivity index (χ2v) is 5.94. The Labute approximate surface area is 124 Å². The zero-order valence-corrected chi connectivity index (χ0v) is 13.4. The minimum absolute atomic E-state index is 0.677. The normalized spacial score (nSPS) is 17.4. The third kappa shape index (κ3) is 3.53. The number of benzene rings is 1. The summed E-state index contributed by atoms with van der Waals surface area (Å²) in [6.45, 7) is 9.02. The summed E-state index contributed by atoms with van der Waals surface area (Å²) in [5.74, 6) is 0. The summed E-state index contributed by atoms with van der Waals surface area (Å²) >= 11 is 0. The molecular formula is C17H29N3. The van der Waals surface area contributed by atoms with Gasteiger partial charge in [0.05, 0.1) is 0 Å². The monoisotopic (exact) mass is 275 g/mol. The van der Waals surface area contributed by atoms with Gasteiger partial charge in [0.15, 0.2) is 0 Å². The van der Waals surface area contributed by atoms with E-state index >= 15 is 0 Å². The summed E-state index contributed by atoms with van der Waals surface area (Å²) in [7, 11) is 4.28. The third-order valence-corrected chi connectivity index (χ3v) is 4.53. The summed E-state index contributed by atoms with van der Waals surface area (Å²) in [4.78, 5) is 5.05. The lowest BCUT2D eigenvalue weighted by Crippen LogP contribution is -2.43. The fourth-order valence-electron chi connectivity index (χ4n) is 3.21. The van der Waals surface area contributed by atoms with Gasteiger partial charge in [-0.1, -0.05) is 24.6 Å². The van der Waals surface area contributed by atoms with Crippen molar-refractivity contribution >= 4 is 5.69 Å². The largest absolute Gasteiger partial charge is 0.371 e. The highest BCUT2D eigenvalue weighted by Gasteiger charge is 2.22. The summed E-state index contributed by atoms with van der Waals surface area (Å²) in [6.07, 6.45) is 2.55. The van der Waals surface area contributed by atoms with Crippen LogP contribution < -0.4 is 10.2 Å². The van der Waals surface area contributed by atoms with Crippen LogP contribution >= 0.6 is 0 Å². The van der Waals surface area contributed by atoms with Crippen molar-refractivity contribution < 1.29 is 0 Å². The smallest absolute Gasteiger partial charge is 0.0411 e. The first-order valence-corrected chi connectivity index (χ1v) is 7.85. The van der Waals surface area contributed by atoms with Gasteiger partial charge in [0.25, 0.3) is 0 Å². The molecule has 1 N–H and O–H groups in total. The molecule has 0 unspecified atom stereocenters. The van der Waals surface area contributed by atoms with E-state index in [-0.39, 0.29) is 0 Å². The fraction of sp³-hybridized carbons (Fsp3) is 0.647. The van der Waals surface area contributed by atoms with Crippen LogP contribution in [-0.4, -0.2) is 44.7 Å². The van der Waals surface area contributed by atoms with E-state index in [2.05, 4.69) is 54.2 Å².